The van der Waals surface area contributed by atoms with Gasteiger partial charge in [0, 0.05) is 18.7 Å². The summed E-state index contributed by atoms with van der Waals surface area (Å²) in [6, 6.07) is 8.22. The van der Waals surface area contributed by atoms with Crippen LogP contribution in [-0.2, 0) is 9.53 Å². The Morgan fingerprint density at radius 2 is 2.00 bits per heavy atom. The minimum absolute atomic E-state index is 0.00128. The van der Waals surface area contributed by atoms with Crippen molar-refractivity contribution in [1.29, 1.82) is 0 Å². The van der Waals surface area contributed by atoms with E-state index >= 15 is 0 Å². The molecule has 6 heteroatoms. The number of benzene rings is 1. The van der Waals surface area contributed by atoms with E-state index in [1.807, 2.05) is 12.1 Å². The van der Waals surface area contributed by atoms with Crippen LogP contribution >= 0.6 is 11.8 Å². The molecule has 0 aliphatic carbocycles. The lowest BCUT2D eigenvalue weighted by atomic mass is 9.99. The molecule has 1 amide bonds. The number of amides is 1. The summed E-state index contributed by atoms with van der Waals surface area (Å²) in [7, 11) is 0. The molecule has 1 N–H and O–H groups in total. The summed E-state index contributed by atoms with van der Waals surface area (Å²) in [6.07, 6.45) is 2.28. The number of rotatable bonds is 6. The molecule has 3 rings (SSSR count). The fourth-order valence-corrected chi connectivity index (χ4v) is 3.64. The Balaban J connectivity index is 1.54. The molecule has 1 saturated heterocycles. The predicted molar refractivity (Wildman–Crippen MR) is 104 cm³/mol. The number of carbonyl (C=O) groups excluding carboxylic acids is 1. The second-order valence-electron chi connectivity index (χ2n) is 6.74. The van der Waals surface area contributed by atoms with E-state index in [1.165, 1.54) is 28.5 Å². The van der Waals surface area contributed by atoms with Gasteiger partial charge in [0.05, 0.1) is 17.6 Å². The van der Waals surface area contributed by atoms with Gasteiger partial charge < -0.3 is 10.1 Å². The third-order valence-electron chi connectivity index (χ3n) is 4.66. The first-order valence-corrected chi connectivity index (χ1v) is 9.94. The lowest BCUT2D eigenvalue weighted by molar-refractivity contribution is -0.119. The molecule has 1 aliphatic heterocycles. The molecule has 0 spiro atoms. The molecule has 1 atom stereocenters. The number of nitrogens with zero attached hydrogens (tertiary/aromatic N) is 2. The number of thioether (sulfide) groups is 1. The number of ether oxygens (including phenoxy) is 1. The van der Waals surface area contributed by atoms with E-state index in [0.717, 1.165) is 35.7 Å². The topological polar surface area (TPSA) is 64.1 Å². The predicted octanol–water partition coefficient (Wildman–Crippen LogP) is 3.46. The van der Waals surface area contributed by atoms with Crippen LogP contribution in [-0.4, -0.2) is 41.1 Å². The standard InChI is InChI=1S/C20H25N3O2S/c1-13-9-15(3)17(10-14(13)2)18-6-7-20(23-22-18)26-12-19(24)21-11-16-5-4-8-25-16/h6-7,9-10,16H,4-5,8,11-12H2,1-3H3,(H,21,24)/t16-/m1/s1. The molecule has 2 aromatic rings. The van der Waals surface area contributed by atoms with Crippen LogP contribution in [0.1, 0.15) is 29.5 Å². The monoisotopic (exact) mass is 371 g/mol. The second-order valence-corrected chi connectivity index (χ2v) is 7.73. The van der Waals surface area contributed by atoms with Gasteiger partial charge in [-0.2, -0.15) is 0 Å². The van der Waals surface area contributed by atoms with Crippen LogP contribution in [0, 0.1) is 20.8 Å². The summed E-state index contributed by atoms with van der Waals surface area (Å²) >= 11 is 1.40. The molecule has 1 aliphatic rings. The minimum Gasteiger partial charge on any atom is -0.376 e. The Morgan fingerprint density at radius 3 is 2.69 bits per heavy atom. The molecule has 1 fully saturated rings. The Labute approximate surface area is 158 Å². The van der Waals surface area contributed by atoms with Crippen LogP contribution in [0.2, 0.25) is 0 Å². The summed E-state index contributed by atoms with van der Waals surface area (Å²) in [6.45, 7) is 7.70. The zero-order valence-corrected chi connectivity index (χ0v) is 16.4. The first-order chi connectivity index (χ1) is 12.5. The maximum Gasteiger partial charge on any atom is 0.230 e. The summed E-state index contributed by atoms with van der Waals surface area (Å²) in [5.74, 6) is 0.338. The second kappa shape index (κ2) is 8.64. The van der Waals surface area contributed by atoms with E-state index in [1.54, 1.807) is 0 Å². The van der Waals surface area contributed by atoms with Crippen molar-refractivity contribution >= 4 is 17.7 Å². The van der Waals surface area contributed by atoms with Crippen LogP contribution in [0.4, 0.5) is 0 Å². The average Bonchev–Trinajstić information content (AvgIpc) is 3.15. The van der Waals surface area contributed by atoms with Gasteiger partial charge in [0.2, 0.25) is 5.91 Å². The van der Waals surface area contributed by atoms with Crippen LogP contribution in [0.25, 0.3) is 11.3 Å². The molecule has 0 unspecified atom stereocenters. The number of aromatic nitrogens is 2. The van der Waals surface area contributed by atoms with Crippen LogP contribution in [0.15, 0.2) is 29.3 Å². The maximum absolute atomic E-state index is 11.9. The van der Waals surface area contributed by atoms with Crippen molar-refractivity contribution in [2.75, 3.05) is 18.9 Å². The number of hydrogen-bond acceptors (Lipinski definition) is 5. The lowest BCUT2D eigenvalue weighted by Gasteiger charge is -2.11. The zero-order chi connectivity index (χ0) is 18.5. The molecule has 0 radical (unpaired) electrons. The molecule has 26 heavy (non-hydrogen) atoms. The first-order valence-electron chi connectivity index (χ1n) is 8.96. The van der Waals surface area contributed by atoms with Gasteiger partial charge in [-0.15, -0.1) is 10.2 Å². The first kappa shape index (κ1) is 18.9. The third-order valence-corrected chi connectivity index (χ3v) is 5.58. The van der Waals surface area contributed by atoms with Crippen molar-refractivity contribution < 1.29 is 9.53 Å². The van der Waals surface area contributed by atoms with Gasteiger partial charge in [0.15, 0.2) is 0 Å². The molecule has 5 nitrogen and oxygen atoms in total. The van der Waals surface area contributed by atoms with E-state index < -0.39 is 0 Å². The molecular formula is C20H25N3O2S. The highest BCUT2D eigenvalue weighted by Crippen LogP contribution is 2.25. The quantitative estimate of drug-likeness (QED) is 0.788. The summed E-state index contributed by atoms with van der Waals surface area (Å²) < 4.78 is 5.50. The Morgan fingerprint density at radius 1 is 1.19 bits per heavy atom. The van der Waals surface area contributed by atoms with Gasteiger partial charge in [-0.25, -0.2) is 0 Å². The lowest BCUT2D eigenvalue weighted by Crippen LogP contribution is -2.32. The summed E-state index contributed by atoms with van der Waals surface area (Å²) in [5.41, 5.74) is 5.68. The van der Waals surface area contributed by atoms with Crippen LogP contribution in [0.3, 0.4) is 0 Å². The van der Waals surface area contributed by atoms with Crippen LogP contribution in [0.5, 0.6) is 0 Å². The van der Waals surface area contributed by atoms with Gasteiger partial charge >= 0.3 is 0 Å². The Hall–Kier alpha value is -1.92. The zero-order valence-electron chi connectivity index (χ0n) is 15.5. The highest BCUT2D eigenvalue weighted by atomic mass is 32.2. The molecule has 1 aromatic carbocycles. The largest absolute Gasteiger partial charge is 0.376 e. The molecule has 1 aromatic heterocycles. The normalized spacial score (nSPS) is 16.7. The van der Waals surface area contributed by atoms with Crippen molar-refractivity contribution in [2.45, 2.75) is 44.7 Å². The van der Waals surface area contributed by atoms with E-state index in [9.17, 15) is 4.79 Å². The van der Waals surface area contributed by atoms with E-state index in [0.29, 0.717) is 12.3 Å². The van der Waals surface area contributed by atoms with Crippen LogP contribution < -0.4 is 5.32 Å². The molecule has 0 bridgehead atoms. The van der Waals surface area contributed by atoms with Crippen molar-refractivity contribution in [2.24, 2.45) is 0 Å². The van der Waals surface area contributed by atoms with Gasteiger partial charge in [-0.1, -0.05) is 17.8 Å². The molecule has 138 valence electrons. The molecular weight excluding hydrogens is 346 g/mol. The van der Waals surface area contributed by atoms with Crippen molar-refractivity contribution in [3.63, 3.8) is 0 Å². The van der Waals surface area contributed by atoms with E-state index in [-0.39, 0.29) is 12.0 Å². The minimum atomic E-state index is 0.00128. The number of hydrogen-bond donors (Lipinski definition) is 1. The highest BCUT2D eigenvalue weighted by molar-refractivity contribution is 7.99. The van der Waals surface area contributed by atoms with Gasteiger partial charge in [0.25, 0.3) is 0 Å². The van der Waals surface area contributed by atoms with Gasteiger partial charge in [0.1, 0.15) is 5.03 Å². The third kappa shape index (κ3) is 4.83. The fourth-order valence-electron chi connectivity index (χ4n) is 3.00. The van der Waals surface area contributed by atoms with Crippen molar-refractivity contribution in [3.05, 3.63) is 41.0 Å². The highest BCUT2D eigenvalue weighted by Gasteiger charge is 2.16. The fraction of sp³-hybridized carbons (Fsp3) is 0.450. The van der Waals surface area contributed by atoms with E-state index in [2.05, 4.69) is 48.4 Å². The van der Waals surface area contributed by atoms with Gasteiger partial charge in [-0.3, -0.25) is 4.79 Å². The molecule has 2 heterocycles. The Kier molecular flexibility index (Phi) is 6.27. The average molecular weight is 372 g/mol. The van der Waals surface area contributed by atoms with Crippen molar-refractivity contribution in [3.8, 4) is 11.3 Å². The summed E-state index contributed by atoms with van der Waals surface area (Å²) in [5, 5.41) is 12.3. The summed E-state index contributed by atoms with van der Waals surface area (Å²) in [4.78, 5) is 11.9. The van der Waals surface area contributed by atoms with E-state index in [4.69, 9.17) is 4.74 Å². The smallest absolute Gasteiger partial charge is 0.230 e. The SMILES string of the molecule is Cc1cc(C)c(-c2ccc(SCC(=O)NC[C@H]3CCCO3)nn2)cc1C. The maximum atomic E-state index is 11.9. The number of aryl methyl sites for hydroxylation is 3. The van der Waals surface area contributed by atoms with Crippen molar-refractivity contribution in [1.82, 2.24) is 15.5 Å². The van der Waals surface area contributed by atoms with Gasteiger partial charge in [-0.05, 0) is 68.5 Å². The number of carbonyl (C=O) groups is 1. The number of nitrogens with one attached hydrogen (secondary N) is 1. The molecule has 0 saturated carbocycles. The Bertz CT molecular complexity index is 771.